The highest BCUT2D eigenvalue weighted by molar-refractivity contribution is 6.29. The van der Waals surface area contributed by atoms with Gasteiger partial charge in [0.15, 0.2) is 0 Å². The molecule has 1 aliphatic carbocycles. The van der Waals surface area contributed by atoms with E-state index in [1.54, 1.807) is 6.07 Å². The van der Waals surface area contributed by atoms with Crippen molar-refractivity contribution in [2.24, 2.45) is 0 Å². The minimum atomic E-state index is -0.524. The molecule has 0 radical (unpaired) electrons. The highest BCUT2D eigenvalue weighted by atomic mass is 35.5. The second-order valence-electron chi connectivity index (χ2n) is 6.27. The largest absolute Gasteiger partial charge is 0.367 e. The van der Waals surface area contributed by atoms with Crippen LogP contribution in [0, 0.1) is 20.2 Å². The number of nitro groups is 2. The molecule has 2 aromatic heterocycles. The van der Waals surface area contributed by atoms with E-state index in [1.807, 2.05) is 12.1 Å². The van der Waals surface area contributed by atoms with Crippen molar-refractivity contribution < 1.29 is 9.85 Å². The van der Waals surface area contributed by atoms with E-state index < -0.39 is 9.85 Å². The van der Waals surface area contributed by atoms with Gasteiger partial charge in [-0.1, -0.05) is 35.9 Å². The molecule has 1 aliphatic rings. The molecule has 0 unspecified atom stereocenters. The lowest BCUT2D eigenvalue weighted by Gasteiger charge is -2.12. The highest BCUT2D eigenvalue weighted by Gasteiger charge is 2.21. The lowest BCUT2D eigenvalue weighted by atomic mass is 10.1. The summed E-state index contributed by atoms with van der Waals surface area (Å²) in [6.07, 6.45) is 4.33. The Morgan fingerprint density at radius 3 is 1.86 bits per heavy atom. The van der Waals surface area contributed by atoms with Crippen LogP contribution in [-0.2, 0) is 12.8 Å². The SMILES string of the molecule is O=[N+]([O-])c1ccc(Cl)nc1.O=[N+]([O-])c1ccc(NC2Cc3ccccc3C2)nc1. The molecule has 4 rings (SSSR count). The van der Waals surface area contributed by atoms with Gasteiger partial charge in [0.1, 0.15) is 23.4 Å². The van der Waals surface area contributed by atoms with E-state index in [2.05, 4.69) is 27.4 Å². The Bertz CT molecular complexity index is 987. The minimum Gasteiger partial charge on any atom is -0.367 e. The molecule has 1 N–H and O–H groups in total. The summed E-state index contributed by atoms with van der Waals surface area (Å²) in [7, 11) is 0. The van der Waals surface area contributed by atoms with E-state index in [4.69, 9.17) is 11.6 Å². The first kappa shape index (κ1) is 20.2. The Hall–Kier alpha value is -3.59. The summed E-state index contributed by atoms with van der Waals surface area (Å²) in [5.41, 5.74) is 2.69. The van der Waals surface area contributed by atoms with Gasteiger partial charge in [0.2, 0.25) is 0 Å². The van der Waals surface area contributed by atoms with E-state index in [1.165, 1.54) is 35.5 Å². The van der Waals surface area contributed by atoms with Gasteiger partial charge in [-0.05, 0) is 36.1 Å². The fourth-order valence-electron chi connectivity index (χ4n) is 2.93. The molecule has 10 heteroatoms. The molecule has 9 nitrogen and oxygen atoms in total. The number of rotatable bonds is 4. The number of benzene rings is 1. The smallest absolute Gasteiger partial charge is 0.287 e. The van der Waals surface area contributed by atoms with Crippen molar-refractivity contribution in [3.8, 4) is 0 Å². The van der Waals surface area contributed by atoms with Crippen LogP contribution in [0.5, 0.6) is 0 Å². The molecule has 0 saturated carbocycles. The van der Waals surface area contributed by atoms with Crippen LogP contribution in [0.1, 0.15) is 11.1 Å². The Balaban J connectivity index is 0.000000204. The zero-order chi connectivity index (χ0) is 20.8. The molecular weight excluding hydrogens is 398 g/mol. The number of pyridine rings is 2. The number of halogens is 1. The van der Waals surface area contributed by atoms with Crippen LogP contribution < -0.4 is 5.32 Å². The topological polar surface area (TPSA) is 124 Å². The second kappa shape index (κ2) is 9.07. The summed E-state index contributed by atoms with van der Waals surface area (Å²) in [5, 5.41) is 24.2. The molecule has 1 aromatic carbocycles. The van der Waals surface area contributed by atoms with Crippen LogP contribution in [-0.4, -0.2) is 25.9 Å². The molecule has 29 heavy (non-hydrogen) atoms. The predicted molar refractivity (Wildman–Crippen MR) is 108 cm³/mol. The molecule has 3 aromatic rings. The average molecular weight is 414 g/mol. The fourth-order valence-corrected chi connectivity index (χ4v) is 3.04. The summed E-state index contributed by atoms with van der Waals surface area (Å²) in [5.74, 6) is 0.684. The molecule has 0 amide bonds. The summed E-state index contributed by atoms with van der Waals surface area (Å²) in [6, 6.07) is 14.5. The first-order valence-corrected chi connectivity index (χ1v) is 9.00. The Morgan fingerprint density at radius 2 is 1.41 bits per heavy atom. The standard InChI is InChI=1S/C14H13N3O2.C5H3ClN2O2/c18-17(19)13-5-6-14(15-9-13)16-12-7-10-3-1-2-4-11(10)8-12;6-5-2-1-4(3-7-5)8(9)10/h1-6,9,12H,7-8H2,(H,15,16);1-3H. The van der Waals surface area contributed by atoms with Crippen LogP contribution in [0.4, 0.5) is 17.2 Å². The maximum atomic E-state index is 10.6. The van der Waals surface area contributed by atoms with Crippen molar-refractivity contribution in [1.29, 1.82) is 0 Å². The van der Waals surface area contributed by atoms with Crippen LogP contribution in [0.25, 0.3) is 0 Å². The number of nitrogens with zero attached hydrogens (tertiary/aromatic N) is 4. The quantitative estimate of drug-likeness (QED) is 0.385. The van der Waals surface area contributed by atoms with Gasteiger partial charge in [-0.25, -0.2) is 9.97 Å². The van der Waals surface area contributed by atoms with Crippen LogP contribution >= 0.6 is 11.6 Å². The van der Waals surface area contributed by atoms with Crippen LogP contribution in [0.3, 0.4) is 0 Å². The van der Waals surface area contributed by atoms with Gasteiger partial charge in [0.05, 0.1) is 9.85 Å². The molecular formula is C19H16ClN5O4. The number of anilines is 1. The predicted octanol–water partition coefficient (Wildman–Crippen LogP) is 4.21. The van der Waals surface area contributed by atoms with Crippen molar-refractivity contribution in [2.75, 3.05) is 5.32 Å². The zero-order valence-corrected chi connectivity index (χ0v) is 15.8. The Kier molecular flexibility index (Phi) is 6.30. The highest BCUT2D eigenvalue weighted by Crippen LogP contribution is 2.24. The van der Waals surface area contributed by atoms with Crippen molar-refractivity contribution in [3.63, 3.8) is 0 Å². The van der Waals surface area contributed by atoms with Crippen molar-refractivity contribution >= 4 is 28.8 Å². The number of aromatic nitrogens is 2. The first-order valence-electron chi connectivity index (χ1n) is 8.62. The number of fused-ring (bicyclic) bond motifs is 1. The molecule has 0 spiro atoms. The summed E-state index contributed by atoms with van der Waals surface area (Å²) in [6.45, 7) is 0. The molecule has 0 saturated heterocycles. The maximum absolute atomic E-state index is 10.6. The minimum absolute atomic E-state index is 0.0141. The maximum Gasteiger partial charge on any atom is 0.287 e. The van der Waals surface area contributed by atoms with E-state index in [-0.39, 0.29) is 16.5 Å². The van der Waals surface area contributed by atoms with Gasteiger partial charge in [-0.2, -0.15) is 0 Å². The molecule has 0 atom stereocenters. The number of hydrogen-bond acceptors (Lipinski definition) is 7. The second-order valence-corrected chi connectivity index (χ2v) is 6.66. The molecule has 0 fully saturated rings. The van der Waals surface area contributed by atoms with Gasteiger partial charge in [-0.3, -0.25) is 20.2 Å². The van der Waals surface area contributed by atoms with Crippen molar-refractivity contribution in [2.45, 2.75) is 18.9 Å². The van der Waals surface area contributed by atoms with Gasteiger partial charge in [0.25, 0.3) is 11.4 Å². The summed E-state index contributed by atoms with van der Waals surface area (Å²) >= 11 is 5.38. The number of hydrogen-bond donors (Lipinski definition) is 1. The van der Waals surface area contributed by atoms with Crippen molar-refractivity contribution in [1.82, 2.24) is 9.97 Å². The monoisotopic (exact) mass is 413 g/mol. The number of nitrogens with one attached hydrogen (secondary N) is 1. The Morgan fingerprint density at radius 1 is 0.862 bits per heavy atom. The third kappa shape index (κ3) is 5.45. The van der Waals surface area contributed by atoms with Crippen LogP contribution in [0.2, 0.25) is 5.15 Å². The third-order valence-electron chi connectivity index (χ3n) is 4.28. The molecule has 148 valence electrons. The molecule has 0 bridgehead atoms. The van der Waals surface area contributed by atoms with E-state index >= 15 is 0 Å². The van der Waals surface area contributed by atoms with Gasteiger partial charge >= 0.3 is 0 Å². The zero-order valence-electron chi connectivity index (χ0n) is 15.1. The summed E-state index contributed by atoms with van der Waals surface area (Å²) in [4.78, 5) is 27.2. The fraction of sp³-hybridized carbons (Fsp3) is 0.158. The van der Waals surface area contributed by atoms with Gasteiger partial charge in [0, 0.05) is 18.2 Å². The first-order chi connectivity index (χ1) is 13.9. The van der Waals surface area contributed by atoms with E-state index in [0.29, 0.717) is 11.9 Å². The van der Waals surface area contributed by atoms with Crippen LogP contribution in [0.15, 0.2) is 60.9 Å². The van der Waals surface area contributed by atoms with Crippen molar-refractivity contribution in [3.05, 3.63) is 97.4 Å². The Labute approximate surface area is 170 Å². The van der Waals surface area contributed by atoms with E-state index in [9.17, 15) is 20.2 Å². The van der Waals surface area contributed by atoms with E-state index in [0.717, 1.165) is 19.0 Å². The lowest BCUT2D eigenvalue weighted by Crippen LogP contribution is -2.20. The van der Waals surface area contributed by atoms with Gasteiger partial charge in [-0.15, -0.1) is 0 Å². The average Bonchev–Trinajstić information content (AvgIpc) is 3.11. The van der Waals surface area contributed by atoms with Gasteiger partial charge < -0.3 is 5.32 Å². The third-order valence-corrected chi connectivity index (χ3v) is 4.51. The summed E-state index contributed by atoms with van der Waals surface area (Å²) < 4.78 is 0. The normalized spacial score (nSPS) is 12.4. The lowest BCUT2D eigenvalue weighted by molar-refractivity contribution is -0.385. The molecule has 0 aliphatic heterocycles. The molecule has 2 heterocycles.